The number of aromatic nitrogens is 1. The van der Waals surface area contributed by atoms with E-state index < -0.39 is 0 Å². The number of amides is 1. The molecule has 1 aromatic rings. The van der Waals surface area contributed by atoms with E-state index >= 15 is 0 Å². The van der Waals surface area contributed by atoms with Crippen LogP contribution in [0.3, 0.4) is 0 Å². The highest BCUT2D eigenvalue weighted by molar-refractivity contribution is 5.94. The highest BCUT2D eigenvalue weighted by Gasteiger charge is 2.16. The molecule has 0 bridgehead atoms. The lowest BCUT2D eigenvalue weighted by molar-refractivity contribution is 0.0785. The number of hydrogen-bond donors (Lipinski definition) is 1. The first-order chi connectivity index (χ1) is 8.85. The number of carbonyl (C=O) groups is 1. The van der Waals surface area contributed by atoms with Crippen molar-refractivity contribution >= 4 is 11.7 Å². The number of nitrogens with zero attached hydrogens (tertiary/aromatic N) is 3. The minimum atomic E-state index is -0.197. The molecule has 1 unspecified atom stereocenters. The minimum absolute atomic E-state index is 0.141. The first-order valence-electron chi connectivity index (χ1n) is 6.27. The topological polar surface area (TPSA) is 83.0 Å². The number of nitrogens with two attached hydrogens (primary N) is 1. The van der Waals surface area contributed by atoms with E-state index in [9.17, 15) is 4.79 Å². The maximum Gasteiger partial charge on any atom is 0.253 e. The molecule has 19 heavy (non-hydrogen) atoms. The average Bonchev–Trinajstić information content (AvgIpc) is 2.36. The molecule has 0 spiro atoms. The van der Waals surface area contributed by atoms with Gasteiger partial charge in [-0.1, -0.05) is 13.8 Å². The standard InChI is InChI=1S/C14H20N4O/c1-9(2)12-5-11(6-13(16)17-12)14(19)18(4)8-10(3)7-15/h5-6,9-10H,8H2,1-4H3,(H2,16,17). The fourth-order valence-electron chi connectivity index (χ4n) is 1.75. The van der Waals surface area contributed by atoms with E-state index in [4.69, 9.17) is 11.0 Å². The molecule has 102 valence electrons. The van der Waals surface area contributed by atoms with Crippen LogP contribution in [0.15, 0.2) is 12.1 Å². The summed E-state index contributed by atoms with van der Waals surface area (Å²) >= 11 is 0. The van der Waals surface area contributed by atoms with Crippen molar-refractivity contribution in [2.45, 2.75) is 26.7 Å². The number of hydrogen-bond acceptors (Lipinski definition) is 4. The molecule has 0 radical (unpaired) electrons. The third-order valence-electron chi connectivity index (χ3n) is 2.82. The van der Waals surface area contributed by atoms with Gasteiger partial charge in [0.25, 0.3) is 5.91 Å². The molecule has 0 aliphatic carbocycles. The lowest BCUT2D eigenvalue weighted by atomic mass is 10.1. The third-order valence-corrected chi connectivity index (χ3v) is 2.82. The molecule has 5 heteroatoms. The van der Waals surface area contributed by atoms with Gasteiger partial charge in [-0.2, -0.15) is 5.26 Å². The summed E-state index contributed by atoms with van der Waals surface area (Å²) in [6.45, 7) is 6.17. The van der Waals surface area contributed by atoms with Crippen LogP contribution >= 0.6 is 0 Å². The molecule has 0 fully saturated rings. The van der Waals surface area contributed by atoms with Crippen molar-refractivity contribution in [3.63, 3.8) is 0 Å². The molecule has 1 amide bonds. The molecule has 0 saturated heterocycles. The molecular formula is C14H20N4O. The van der Waals surface area contributed by atoms with Crippen LogP contribution in [0.1, 0.15) is 42.7 Å². The van der Waals surface area contributed by atoms with Crippen LogP contribution < -0.4 is 5.73 Å². The average molecular weight is 260 g/mol. The normalized spacial score (nSPS) is 12.0. The summed E-state index contributed by atoms with van der Waals surface area (Å²) in [4.78, 5) is 18.0. The molecule has 0 aliphatic heterocycles. The van der Waals surface area contributed by atoms with Crippen molar-refractivity contribution in [2.75, 3.05) is 19.3 Å². The first kappa shape index (κ1) is 15.0. The summed E-state index contributed by atoms with van der Waals surface area (Å²) in [5, 5.41) is 8.78. The highest BCUT2D eigenvalue weighted by atomic mass is 16.2. The van der Waals surface area contributed by atoms with Crippen LogP contribution in [0, 0.1) is 17.2 Å². The number of nitrogen functional groups attached to an aromatic ring is 1. The molecule has 2 N–H and O–H groups in total. The maximum absolute atomic E-state index is 12.3. The Kier molecular flexibility index (Phi) is 4.87. The smallest absolute Gasteiger partial charge is 0.253 e. The zero-order valence-corrected chi connectivity index (χ0v) is 11.8. The Hall–Kier alpha value is -2.09. The number of nitriles is 1. The van der Waals surface area contributed by atoms with E-state index in [2.05, 4.69) is 11.1 Å². The Morgan fingerprint density at radius 1 is 1.47 bits per heavy atom. The predicted octanol–water partition coefficient (Wildman–Crippen LogP) is 2.02. The monoisotopic (exact) mass is 260 g/mol. The largest absolute Gasteiger partial charge is 0.384 e. The second kappa shape index (κ2) is 6.19. The second-order valence-electron chi connectivity index (χ2n) is 5.08. The van der Waals surface area contributed by atoms with Gasteiger partial charge in [-0.05, 0) is 25.0 Å². The van der Waals surface area contributed by atoms with Crippen LogP contribution in [0.4, 0.5) is 5.82 Å². The predicted molar refractivity (Wildman–Crippen MR) is 74.5 cm³/mol. The van der Waals surface area contributed by atoms with Gasteiger partial charge in [0.05, 0.1) is 12.0 Å². The van der Waals surface area contributed by atoms with Crippen molar-refractivity contribution in [2.24, 2.45) is 5.92 Å². The first-order valence-corrected chi connectivity index (χ1v) is 6.27. The van der Waals surface area contributed by atoms with Gasteiger partial charge in [0, 0.05) is 24.8 Å². The van der Waals surface area contributed by atoms with Gasteiger partial charge < -0.3 is 10.6 Å². The Balaban J connectivity index is 2.97. The van der Waals surface area contributed by atoms with Gasteiger partial charge in [0.15, 0.2) is 0 Å². The zero-order valence-electron chi connectivity index (χ0n) is 11.8. The van der Waals surface area contributed by atoms with Gasteiger partial charge in [-0.15, -0.1) is 0 Å². The highest BCUT2D eigenvalue weighted by Crippen LogP contribution is 2.17. The van der Waals surface area contributed by atoms with Crippen molar-refractivity contribution in [1.82, 2.24) is 9.88 Å². The summed E-state index contributed by atoms with van der Waals surface area (Å²) in [5.74, 6) is 0.213. The van der Waals surface area contributed by atoms with E-state index in [0.717, 1.165) is 5.69 Å². The Morgan fingerprint density at radius 3 is 2.63 bits per heavy atom. The Labute approximate surface area is 114 Å². The molecule has 0 saturated carbocycles. The molecule has 5 nitrogen and oxygen atoms in total. The van der Waals surface area contributed by atoms with Crippen LogP contribution in [0.2, 0.25) is 0 Å². The van der Waals surface area contributed by atoms with Gasteiger partial charge in [0.2, 0.25) is 0 Å². The maximum atomic E-state index is 12.3. The van der Waals surface area contributed by atoms with E-state index in [0.29, 0.717) is 17.9 Å². The lowest BCUT2D eigenvalue weighted by Crippen LogP contribution is -2.30. The fraction of sp³-hybridized carbons (Fsp3) is 0.500. The minimum Gasteiger partial charge on any atom is -0.384 e. The van der Waals surface area contributed by atoms with Gasteiger partial charge in [0.1, 0.15) is 5.82 Å². The quantitative estimate of drug-likeness (QED) is 0.897. The van der Waals surface area contributed by atoms with Gasteiger partial charge >= 0.3 is 0 Å². The summed E-state index contributed by atoms with van der Waals surface area (Å²) in [6, 6.07) is 5.44. The van der Waals surface area contributed by atoms with E-state index in [1.807, 2.05) is 13.8 Å². The van der Waals surface area contributed by atoms with Crippen molar-refractivity contribution < 1.29 is 4.79 Å². The van der Waals surface area contributed by atoms with E-state index in [-0.39, 0.29) is 17.7 Å². The Morgan fingerprint density at radius 2 is 2.11 bits per heavy atom. The molecule has 1 atom stereocenters. The van der Waals surface area contributed by atoms with Crippen LogP contribution in [0.5, 0.6) is 0 Å². The van der Waals surface area contributed by atoms with Gasteiger partial charge in [-0.3, -0.25) is 4.79 Å². The van der Waals surface area contributed by atoms with E-state index in [1.165, 1.54) is 4.90 Å². The number of anilines is 1. The van der Waals surface area contributed by atoms with E-state index in [1.54, 1.807) is 26.1 Å². The molecule has 1 heterocycles. The van der Waals surface area contributed by atoms with Gasteiger partial charge in [-0.25, -0.2) is 4.98 Å². The SMILES string of the molecule is CC(C#N)CN(C)C(=O)c1cc(N)nc(C(C)C)c1. The fourth-order valence-corrected chi connectivity index (χ4v) is 1.75. The molecule has 0 aliphatic rings. The van der Waals surface area contributed by atoms with Crippen LogP contribution in [-0.4, -0.2) is 29.4 Å². The number of rotatable bonds is 4. The summed E-state index contributed by atoms with van der Waals surface area (Å²) in [7, 11) is 1.68. The van der Waals surface area contributed by atoms with Crippen molar-refractivity contribution in [1.29, 1.82) is 5.26 Å². The van der Waals surface area contributed by atoms with Crippen molar-refractivity contribution in [3.05, 3.63) is 23.4 Å². The van der Waals surface area contributed by atoms with Crippen LogP contribution in [-0.2, 0) is 0 Å². The summed E-state index contributed by atoms with van der Waals surface area (Å²) in [5.41, 5.74) is 7.04. The van der Waals surface area contributed by atoms with Crippen molar-refractivity contribution in [3.8, 4) is 6.07 Å². The number of pyridine rings is 1. The zero-order chi connectivity index (χ0) is 14.6. The molecule has 0 aromatic carbocycles. The molecular weight excluding hydrogens is 240 g/mol. The summed E-state index contributed by atoms with van der Waals surface area (Å²) < 4.78 is 0. The lowest BCUT2D eigenvalue weighted by Gasteiger charge is -2.19. The molecule has 1 aromatic heterocycles. The number of carbonyl (C=O) groups excluding carboxylic acids is 1. The molecule has 1 rings (SSSR count). The Bertz CT molecular complexity index is 505. The second-order valence-corrected chi connectivity index (χ2v) is 5.08. The summed E-state index contributed by atoms with van der Waals surface area (Å²) in [6.07, 6.45) is 0. The third kappa shape index (κ3) is 3.95. The van der Waals surface area contributed by atoms with Crippen LogP contribution in [0.25, 0.3) is 0 Å².